The van der Waals surface area contributed by atoms with E-state index < -0.39 is 0 Å². The third-order valence-corrected chi connectivity index (χ3v) is 3.50. The third kappa shape index (κ3) is 1.79. The molecule has 2 aromatic heterocycles. The molecule has 0 unspecified atom stereocenters. The molecule has 3 heterocycles. The molecule has 0 radical (unpaired) electrons. The molecular weight excluding hydrogens is 240 g/mol. The molecule has 0 spiro atoms. The lowest BCUT2D eigenvalue weighted by Gasteiger charge is -2.20. The Kier molecular flexibility index (Phi) is 2.72. The molecule has 0 N–H and O–H groups in total. The third-order valence-electron chi connectivity index (χ3n) is 3.21. The number of ether oxygens (including phenoxy) is 1. The molecule has 1 aliphatic rings. The Labute approximate surface area is 104 Å². The van der Waals surface area contributed by atoms with Gasteiger partial charge in [-0.2, -0.15) is 5.10 Å². The van der Waals surface area contributed by atoms with E-state index in [4.69, 9.17) is 16.3 Å². The van der Waals surface area contributed by atoms with Crippen LogP contribution in [-0.4, -0.2) is 33.0 Å². The summed E-state index contributed by atoms with van der Waals surface area (Å²) in [7, 11) is 1.88. The van der Waals surface area contributed by atoms with E-state index in [1.807, 2.05) is 7.05 Å². The van der Waals surface area contributed by atoms with E-state index in [0.29, 0.717) is 11.1 Å². The number of halogens is 1. The van der Waals surface area contributed by atoms with Crippen molar-refractivity contribution >= 4 is 22.6 Å². The summed E-state index contributed by atoms with van der Waals surface area (Å²) >= 11 is 6.16. The van der Waals surface area contributed by atoms with Crippen LogP contribution in [0.1, 0.15) is 24.5 Å². The number of aromatic nitrogens is 4. The molecule has 1 fully saturated rings. The second-order valence-electron chi connectivity index (χ2n) is 4.26. The Balaban J connectivity index is 2.15. The van der Waals surface area contributed by atoms with Crippen molar-refractivity contribution in [2.24, 2.45) is 7.05 Å². The predicted molar refractivity (Wildman–Crippen MR) is 64.1 cm³/mol. The van der Waals surface area contributed by atoms with E-state index >= 15 is 0 Å². The first-order valence-electron chi connectivity index (χ1n) is 5.68. The normalized spacial score (nSPS) is 17.8. The monoisotopic (exact) mass is 252 g/mol. The molecular formula is C11H13ClN4O. The lowest BCUT2D eigenvalue weighted by atomic mass is 9.95. The Morgan fingerprint density at radius 1 is 1.35 bits per heavy atom. The van der Waals surface area contributed by atoms with Crippen molar-refractivity contribution in [2.45, 2.75) is 18.8 Å². The van der Waals surface area contributed by atoms with Crippen molar-refractivity contribution in [3.05, 3.63) is 17.2 Å². The van der Waals surface area contributed by atoms with Crippen LogP contribution in [0.2, 0.25) is 5.15 Å². The van der Waals surface area contributed by atoms with Crippen molar-refractivity contribution < 1.29 is 4.74 Å². The van der Waals surface area contributed by atoms with Gasteiger partial charge in [-0.3, -0.25) is 4.68 Å². The van der Waals surface area contributed by atoms with E-state index in [9.17, 15) is 0 Å². The highest BCUT2D eigenvalue weighted by Gasteiger charge is 2.24. The topological polar surface area (TPSA) is 52.8 Å². The molecule has 17 heavy (non-hydrogen) atoms. The highest BCUT2D eigenvalue weighted by Crippen LogP contribution is 2.33. The molecule has 5 nitrogen and oxygen atoms in total. The summed E-state index contributed by atoms with van der Waals surface area (Å²) in [5.41, 5.74) is 1.81. The van der Waals surface area contributed by atoms with Crippen LogP contribution in [0.4, 0.5) is 0 Å². The van der Waals surface area contributed by atoms with Crippen LogP contribution < -0.4 is 0 Å². The first-order valence-corrected chi connectivity index (χ1v) is 6.06. The zero-order valence-corrected chi connectivity index (χ0v) is 10.3. The Morgan fingerprint density at radius 3 is 2.88 bits per heavy atom. The number of rotatable bonds is 1. The van der Waals surface area contributed by atoms with Gasteiger partial charge in [0.15, 0.2) is 5.65 Å². The van der Waals surface area contributed by atoms with E-state index in [1.54, 1.807) is 4.68 Å². The summed E-state index contributed by atoms with van der Waals surface area (Å²) in [6, 6.07) is 0. The van der Waals surface area contributed by atoms with Crippen LogP contribution >= 0.6 is 11.6 Å². The molecule has 2 aromatic rings. The molecule has 90 valence electrons. The summed E-state index contributed by atoms with van der Waals surface area (Å²) in [6.45, 7) is 1.57. The van der Waals surface area contributed by atoms with Crippen molar-refractivity contribution in [3.63, 3.8) is 0 Å². The molecule has 6 heteroatoms. The molecule has 0 aliphatic carbocycles. The summed E-state index contributed by atoms with van der Waals surface area (Å²) in [4.78, 5) is 8.28. The van der Waals surface area contributed by atoms with Crippen LogP contribution in [0.3, 0.4) is 0 Å². The predicted octanol–water partition coefficient (Wildman–Crippen LogP) is 1.91. The lowest BCUT2D eigenvalue weighted by Crippen LogP contribution is -2.15. The Morgan fingerprint density at radius 2 is 2.12 bits per heavy atom. The average molecular weight is 253 g/mol. The van der Waals surface area contributed by atoms with Crippen molar-refractivity contribution in [1.82, 2.24) is 19.7 Å². The highest BCUT2D eigenvalue weighted by atomic mass is 35.5. The fourth-order valence-corrected chi connectivity index (χ4v) is 2.56. The number of nitrogens with zero attached hydrogens (tertiary/aromatic N) is 4. The van der Waals surface area contributed by atoms with Crippen molar-refractivity contribution in [2.75, 3.05) is 13.2 Å². The van der Waals surface area contributed by atoms with Gasteiger partial charge in [0, 0.05) is 26.2 Å². The number of hydrogen-bond acceptors (Lipinski definition) is 4. The minimum atomic E-state index is 0.399. The van der Waals surface area contributed by atoms with E-state index in [2.05, 4.69) is 15.1 Å². The van der Waals surface area contributed by atoms with Gasteiger partial charge in [0.2, 0.25) is 0 Å². The zero-order valence-electron chi connectivity index (χ0n) is 9.56. The van der Waals surface area contributed by atoms with E-state index in [1.165, 1.54) is 6.33 Å². The van der Waals surface area contributed by atoms with Crippen molar-refractivity contribution in [3.8, 4) is 0 Å². The first-order chi connectivity index (χ1) is 8.27. The summed E-state index contributed by atoms with van der Waals surface area (Å²) in [6.07, 6.45) is 3.44. The minimum Gasteiger partial charge on any atom is -0.381 e. The molecule has 0 amide bonds. The first kappa shape index (κ1) is 10.9. The van der Waals surface area contributed by atoms with Gasteiger partial charge in [0.1, 0.15) is 11.5 Å². The maximum absolute atomic E-state index is 6.16. The van der Waals surface area contributed by atoms with Crippen LogP contribution in [-0.2, 0) is 11.8 Å². The summed E-state index contributed by atoms with van der Waals surface area (Å²) < 4.78 is 7.14. The second kappa shape index (κ2) is 4.23. The van der Waals surface area contributed by atoms with Crippen LogP contribution in [0, 0.1) is 0 Å². The molecule has 1 saturated heterocycles. The summed E-state index contributed by atoms with van der Waals surface area (Å²) in [5, 5.41) is 5.93. The largest absolute Gasteiger partial charge is 0.381 e. The smallest absolute Gasteiger partial charge is 0.162 e. The fraction of sp³-hybridized carbons (Fsp3) is 0.545. The molecule has 0 atom stereocenters. The maximum Gasteiger partial charge on any atom is 0.162 e. The number of aryl methyl sites for hydroxylation is 1. The van der Waals surface area contributed by atoms with Crippen LogP contribution in [0.15, 0.2) is 6.33 Å². The van der Waals surface area contributed by atoms with Gasteiger partial charge < -0.3 is 4.74 Å². The van der Waals surface area contributed by atoms with Gasteiger partial charge in [-0.15, -0.1) is 0 Å². The second-order valence-corrected chi connectivity index (χ2v) is 4.62. The number of hydrogen-bond donors (Lipinski definition) is 0. The van der Waals surface area contributed by atoms with Gasteiger partial charge in [0.25, 0.3) is 0 Å². The van der Waals surface area contributed by atoms with Gasteiger partial charge in [-0.05, 0) is 12.8 Å². The van der Waals surface area contributed by atoms with Crippen LogP contribution in [0.25, 0.3) is 11.0 Å². The van der Waals surface area contributed by atoms with E-state index in [-0.39, 0.29) is 0 Å². The standard InChI is InChI=1S/C11H13ClN4O/c1-16-11-8(10(12)13-6-14-11)9(15-16)7-2-4-17-5-3-7/h6-7H,2-5H2,1H3. The molecule has 0 saturated carbocycles. The maximum atomic E-state index is 6.16. The Bertz CT molecular complexity index is 548. The van der Waals surface area contributed by atoms with E-state index in [0.717, 1.165) is 42.8 Å². The molecule has 3 rings (SSSR count). The number of fused-ring (bicyclic) bond motifs is 1. The zero-order chi connectivity index (χ0) is 11.8. The molecule has 0 aromatic carbocycles. The van der Waals surface area contributed by atoms with Gasteiger partial charge >= 0.3 is 0 Å². The van der Waals surface area contributed by atoms with Crippen molar-refractivity contribution in [1.29, 1.82) is 0 Å². The van der Waals surface area contributed by atoms with Gasteiger partial charge in [-0.25, -0.2) is 9.97 Å². The Hall–Kier alpha value is -1.20. The SMILES string of the molecule is Cn1nc(C2CCOCC2)c2c(Cl)ncnc21. The average Bonchev–Trinajstić information content (AvgIpc) is 2.70. The minimum absolute atomic E-state index is 0.399. The van der Waals surface area contributed by atoms with Crippen LogP contribution in [0.5, 0.6) is 0 Å². The molecule has 0 bridgehead atoms. The quantitative estimate of drug-likeness (QED) is 0.728. The lowest BCUT2D eigenvalue weighted by molar-refractivity contribution is 0.0846. The summed E-state index contributed by atoms with van der Waals surface area (Å²) in [5.74, 6) is 0.399. The molecule has 1 aliphatic heterocycles. The highest BCUT2D eigenvalue weighted by molar-refractivity contribution is 6.34. The fourth-order valence-electron chi connectivity index (χ4n) is 2.34. The van der Waals surface area contributed by atoms with Gasteiger partial charge in [0.05, 0.1) is 11.1 Å². The van der Waals surface area contributed by atoms with Gasteiger partial charge in [-0.1, -0.05) is 11.6 Å².